The van der Waals surface area contributed by atoms with Gasteiger partial charge in [0.05, 0.1) is 18.0 Å². The van der Waals surface area contributed by atoms with E-state index < -0.39 is 26.2 Å². The van der Waals surface area contributed by atoms with Crippen LogP contribution in [-0.2, 0) is 24.3 Å². The summed E-state index contributed by atoms with van der Waals surface area (Å²) in [6.45, 7) is 0. The molecule has 0 atom stereocenters. The number of hydrogen-bond acceptors (Lipinski definition) is 6. The molecule has 0 saturated heterocycles. The summed E-state index contributed by atoms with van der Waals surface area (Å²) in [5, 5.41) is 2.22. The van der Waals surface area contributed by atoms with Gasteiger partial charge in [0.1, 0.15) is 4.90 Å². The first kappa shape index (κ1) is 18.7. The molecule has 0 radical (unpaired) electrons. The highest BCUT2D eigenvalue weighted by molar-refractivity contribution is 7.89. The Kier molecular flexibility index (Phi) is 5.83. The molecule has 0 bridgehead atoms. The maximum atomic E-state index is 12.5. The number of para-hydroxylation sites is 1. The second-order valence-corrected chi connectivity index (χ2v) is 8.92. The molecule has 2 N–H and O–H groups in total. The number of nitrogens with one attached hydrogen (secondary N) is 2. The van der Waals surface area contributed by atoms with Crippen LogP contribution in [0.5, 0.6) is 0 Å². The molecule has 0 heterocycles. The molecule has 1 aromatic carbocycles. The molecule has 1 fully saturated rings. The molecule has 1 aliphatic rings. The van der Waals surface area contributed by atoms with E-state index >= 15 is 0 Å². The number of sulfonamides is 1. The Bertz CT molecular complexity index is 798. The topological polar surface area (TPSA) is 119 Å². The fourth-order valence-corrected chi connectivity index (χ4v) is 4.17. The number of hydrogen-bond donors (Lipinski definition) is 2. The maximum Gasteiger partial charge on any atom is 0.332 e. The first-order valence-electron chi connectivity index (χ1n) is 7.48. The van der Waals surface area contributed by atoms with Gasteiger partial charge in [-0.05, 0) is 25.0 Å². The Morgan fingerprint density at radius 1 is 1.08 bits per heavy atom. The molecule has 24 heavy (non-hydrogen) atoms. The maximum absolute atomic E-state index is 12.5. The monoisotopic (exact) mass is 376 g/mol. The van der Waals surface area contributed by atoms with E-state index in [9.17, 15) is 21.6 Å². The highest BCUT2D eigenvalue weighted by atomic mass is 32.2. The summed E-state index contributed by atoms with van der Waals surface area (Å²) >= 11 is 0. The van der Waals surface area contributed by atoms with E-state index in [0.717, 1.165) is 25.5 Å². The van der Waals surface area contributed by atoms with Crippen LogP contribution in [0.2, 0.25) is 0 Å². The lowest BCUT2D eigenvalue weighted by molar-refractivity contribution is 0.162. The van der Waals surface area contributed by atoms with Crippen LogP contribution in [0.15, 0.2) is 29.2 Å². The standard InChI is InChI=1S/C14H20N2O6S2/c1-23(18,19)16-14(17)15-12-9-5-6-10-13(12)24(20,21)22-11-7-3-2-4-8-11/h5-6,9-11H,2-4,7-8H2,1H3,(H2,15,16,17). The van der Waals surface area contributed by atoms with Crippen molar-refractivity contribution in [2.24, 2.45) is 0 Å². The van der Waals surface area contributed by atoms with Crippen LogP contribution in [0.25, 0.3) is 0 Å². The van der Waals surface area contributed by atoms with E-state index in [4.69, 9.17) is 4.18 Å². The Balaban J connectivity index is 2.19. The van der Waals surface area contributed by atoms with Crippen LogP contribution in [0, 0.1) is 0 Å². The van der Waals surface area contributed by atoms with Crippen molar-refractivity contribution in [2.75, 3.05) is 11.6 Å². The lowest BCUT2D eigenvalue weighted by atomic mass is 9.98. The molecule has 1 aliphatic carbocycles. The molecule has 10 heteroatoms. The van der Waals surface area contributed by atoms with Crippen LogP contribution in [0.4, 0.5) is 10.5 Å². The van der Waals surface area contributed by atoms with E-state index in [1.165, 1.54) is 24.3 Å². The number of carbonyl (C=O) groups is 1. The summed E-state index contributed by atoms with van der Waals surface area (Å²) in [6.07, 6.45) is 4.67. The molecule has 0 unspecified atom stereocenters. The molecule has 2 amide bonds. The van der Waals surface area contributed by atoms with E-state index in [-0.39, 0.29) is 16.7 Å². The van der Waals surface area contributed by atoms with Gasteiger partial charge in [0.25, 0.3) is 10.1 Å². The second kappa shape index (κ2) is 7.49. The number of anilines is 1. The van der Waals surface area contributed by atoms with Crippen LogP contribution in [0.1, 0.15) is 32.1 Å². The Labute approximate surface area is 141 Å². The van der Waals surface area contributed by atoms with Crippen molar-refractivity contribution in [3.63, 3.8) is 0 Å². The van der Waals surface area contributed by atoms with E-state index in [1.807, 2.05) is 0 Å². The quantitative estimate of drug-likeness (QED) is 0.757. The third kappa shape index (κ3) is 5.46. The zero-order valence-corrected chi connectivity index (χ0v) is 14.8. The van der Waals surface area contributed by atoms with Crippen molar-refractivity contribution in [2.45, 2.75) is 43.1 Å². The highest BCUT2D eigenvalue weighted by Crippen LogP contribution is 2.28. The summed E-state index contributed by atoms with van der Waals surface area (Å²) in [5.41, 5.74) is -0.0468. The Morgan fingerprint density at radius 3 is 2.33 bits per heavy atom. The molecule has 134 valence electrons. The van der Waals surface area contributed by atoms with Gasteiger partial charge in [-0.15, -0.1) is 0 Å². The summed E-state index contributed by atoms with van der Waals surface area (Å²) in [4.78, 5) is 11.5. The van der Waals surface area contributed by atoms with Gasteiger partial charge in [-0.25, -0.2) is 17.9 Å². The minimum absolute atomic E-state index is 0.0468. The van der Waals surface area contributed by atoms with Crippen molar-refractivity contribution in [1.82, 2.24) is 4.72 Å². The van der Waals surface area contributed by atoms with Crippen molar-refractivity contribution >= 4 is 31.9 Å². The molecule has 0 aliphatic heterocycles. The van der Waals surface area contributed by atoms with Gasteiger partial charge in [-0.2, -0.15) is 8.42 Å². The van der Waals surface area contributed by atoms with E-state index in [2.05, 4.69) is 5.32 Å². The second-order valence-electron chi connectivity index (χ2n) is 5.63. The predicted molar refractivity (Wildman–Crippen MR) is 88.6 cm³/mol. The fourth-order valence-electron chi connectivity index (χ4n) is 2.50. The largest absolute Gasteiger partial charge is 0.332 e. The zero-order valence-electron chi connectivity index (χ0n) is 13.2. The summed E-state index contributed by atoms with van der Waals surface area (Å²) in [5.74, 6) is 0. The average molecular weight is 376 g/mol. The minimum atomic E-state index is -4.07. The normalized spacial score (nSPS) is 16.5. The third-order valence-electron chi connectivity index (χ3n) is 3.50. The van der Waals surface area contributed by atoms with E-state index in [0.29, 0.717) is 12.8 Å². The van der Waals surface area contributed by atoms with Gasteiger partial charge < -0.3 is 5.32 Å². The molecule has 1 aromatic rings. The van der Waals surface area contributed by atoms with Gasteiger partial charge in [0.2, 0.25) is 10.0 Å². The number of urea groups is 1. The lowest BCUT2D eigenvalue weighted by Gasteiger charge is -2.22. The summed E-state index contributed by atoms with van der Waals surface area (Å²) in [7, 11) is -7.83. The van der Waals surface area contributed by atoms with Gasteiger partial charge in [0, 0.05) is 0 Å². The molecule has 0 aromatic heterocycles. The SMILES string of the molecule is CS(=O)(=O)NC(=O)Nc1ccccc1S(=O)(=O)OC1CCCCC1. The lowest BCUT2D eigenvalue weighted by Crippen LogP contribution is -2.34. The molecule has 0 spiro atoms. The van der Waals surface area contributed by atoms with Crippen LogP contribution in [-0.4, -0.2) is 35.2 Å². The summed E-state index contributed by atoms with van der Waals surface area (Å²) in [6, 6.07) is 4.64. The molecule has 8 nitrogen and oxygen atoms in total. The highest BCUT2D eigenvalue weighted by Gasteiger charge is 2.26. The Hall–Kier alpha value is -1.65. The molecule has 2 rings (SSSR count). The predicted octanol–water partition coefficient (Wildman–Crippen LogP) is 1.81. The number of benzene rings is 1. The first-order valence-corrected chi connectivity index (χ1v) is 10.8. The van der Waals surface area contributed by atoms with Crippen molar-refractivity contribution < 1.29 is 25.8 Å². The molecular weight excluding hydrogens is 356 g/mol. The van der Waals surface area contributed by atoms with Gasteiger partial charge >= 0.3 is 6.03 Å². The smallest absolute Gasteiger partial charge is 0.306 e. The number of carbonyl (C=O) groups excluding carboxylic acids is 1. The minimum Gasteiger partial charge on any atom is -0.306 e. The van der Waals surface area contributed by atoms with Crippen LogP contribution < -0.4 is 10.0 Å². The molecule has 1 saturated carbocycles. The van der Waals surface area contributed by atoms with Crippen LogP contribution in [0.3, 0.4) is 0 Å². The van der Waals surface area contributed by atoms with E-state index in [1.54, 1.807) is 4.72 Å². The third-order valence-corrected chi connectivity index (χ3v) is 5.47. The van der Waals surface area contributed by atoms with Crippen molar-refractivity contribution in [3.8, 4) is 0 Å². The number of amides is 2. The van der Waals surface area contributed by atoms with Gasteiger partial charge in [-0.1, -0.05) is 31.4 Å². The van der Waals surface area contributed by atoms with Gasteiger partial charge in [-0.3, -0.25) is 4.18 Å². The average Bonchev–Trinajstić information content (AvgIpc) is 2.46. The first-order chi connectivity index (χ1) is 11.2. The summed E-state index contributed by atoms with van der Waals surface area (Å²) < 4.78 is 54.1. The van der Waals surface area contributed by atoms with Crippen molar-refractivity contribution in [1.29, 1.82) is 0 Å². The fraction of sp³-hybridized carbons (Fsp3) is 0.500. The number of rotatable bonds is 5. The zero-order chi connectivity index (χ0) is 17.8. The van der Waals surface area contributed by atoms with Crippen LogP contribution >= 0.6 is 0 Å². The van der Waals surface area contributed by atoms with Crippen molar-refractivity contribution in [3.05, 3.63) is 24.3 Å². The van der Waals surface area contributed by atoms with Gasteiger partial charge in [0.15, 0.2) is 0 Å². The molecular formula is C14H20N2O6S2. The Morgan fingerprint density at radius 2 is 1.71 bits per heavy atom.